The van der Waals surface area contributed by atoms with E-state index in [1.807, 2.05) is 6.20 Å². The minimum Gasteiger partial charge on any atom is -0.481 e. The van der Waals surface area contributed by atoms with Crippen molar-refractivity contribution < 1.29 is 29.0 Å². The van der Waals surface area contributed by atoms with Gasteiger partial charge in [-0.3, -0.25) is 4.79 Å². The van der Waals surface area contributed by atoms with Gasteiger partial charge in [0.15, 0.2) is 0 Å². The van der Waals surface area contributed by atoms with Gasteiger partial charge in [-0.2, -0.15) is 0 Å². The first kappa shape index (κ1) is 28.0. The SMILES string of the molecule is CC(C)(C)OC(=O)N(CCC[C@H]1CC1(C(=O)O)c1cn([C@H]2CC[C@H](C)CC2)cn1)C(=O)OC(C)(C)C. The van der Waals surface area contributed by atoms with E-state index in [1.165, 1.54) is 12.8 Å². The van der Waals surface area contributed by atoms with Crippen molar-refractivity contribution in [2.75, 3.05) is 6.54 Å². The van der Waals surface area contributed by atoms with Crippen LogP contribution in [0.1, 0.15) is 105 Å². The van der Waals surface area contributed by atoms with Crippen LogP contribution in [0.3, 0.4) is 0 Å². The van der Waals surface area contributed by atoms with Gasteiger partial charge >= 0.3 is 18.2 Å². The summed E-state index contributed by atoms with van der Waals surface area (Å²) in [4.78, 5) is 43.2. The predicted octanol–water partition coefficient (Wildman–Crippen LogP) is 5.93. The van der Waals surface area contributed by atoms with E-state index in [2.05, 4.69) is 16.5 Å². The second-order valence-corrected chi connectivity index (χ2v) is 12.6. The third-order valence-corrected chi connectivity index (χ3v) is 7.11. The van der Waals surface area contributed by atoms with E-state index >= 15 is 0 Å². The zero-order valence-electron chi connectivity index (χ0n) is 22.9. The van der Waals surface area contributed by atoms with Crippen molar-refractivity contribution in [2.24, 2.45) is 11.8 Å². The first-order chi connectivity index (χ1) is 16.6. The number of rotatable bonds is 7. The molecule has 0 aromatic carbocycles. The third kappa shape index (κ3) is 6.79. The van der Waals surface area contributed by atoms with Crippen molar-refractivity contribution in [2.45, 2.75) is 116 Å². The minimum atomic E-state index is -1.00. The number of imidazole rings is 1. The summed E-state index contributed by atoms with van der Waals surface area (Å²) in [5, 5.41) is 10.1. The second kappa shape index (κ2) is 10.4. The first-order valence-corrected chi connectivity index (χ1v) is 13.1. The Bertz CT molecular complexity index is 923. The number of hydrogen-bond acceptors (Lipinski definition) is 6. The summed E-state index contributed by atoms with van der Waals surface area (Å²) in [6.07, 6.45) is 8.19. The molecule has 2 saturated carbocycles. The monoisotopic (exact) mass is 505 g/mol. The molecule has 1 aromatic heterocycles. The maximum Gasteiger partial charge on any atom is 0.419 e. The summed E-state index contributed by atoms with van der Waals surface area (Å²) < 4.78 is 12.9. The number of carboxylic acids is 1. The van der Waals surface area contributed by atoms with Crippen LogP contribution >= 0.6 is 0 Å². The van der Waals surface area contributed by atoms with Gasteiger partial charge in [0.25, 0.3) is 0 Å². The van der Waals surface area contributed by atoms with Gasteiger partial charge < -0.3 is 19.1 Å². The van der Waals surface area contributed by atoms with Crippen molar-refractivity contribution in [3.8, 4) is 0 Å². The Balaban J connectivity index is 1.64. The lowest BCUT2D eigenvalue weighted by Crippen LogP contribution is -2.44. The number of nitrogens with zero attached hydrogens (tertiary/aromatic N) is 3. The van der Waals surface area contributed by atoms with E-state index in [0.717, 1.165) is 23.7 Å². The van der Waals surface area contributed by atoms with Crippen LogP contribution in [0.15, 0.2) is 12.5 Å². The smallest absolute Gasteiger partial charge is 0.419 e. The molecule has 9 heteroatoms. The number of amides is 2. The Kier molecular flexibility index (Phi) is 8.10. The molecule has 2 fully saturated rings. The molecule has 2 aliphatic rings. The van der Waals surface area contributed by atoms with Crippen LogP contribution in [0.4, 0.5) is 9.59 Å². The molecule has 0 radical (unpaired) electrons. The van der Waals surface area contributed by atoms with Crippen LogP contribution in [-0.2, 0) is 19.7 Å². The zero-order valence-corrected chi connectivity index (χ0v) is 22.9. The van der Waals surface area contributed by atoms with Crippen molar-refractivity contribution in [1.82, 2.24) is 14.5 Å². The van der Waals surface area contributed by atoms with Gasteiger partial charge in [0.05, 0.1) is 12.0 Å². The number of aliphatic carboxylic acids is 1. The molecule has 9 nitrogen and oxygen atoms in total. The van der Waals surface area contributed by atoms with Gasteiger partial charge in [0.2, 0.25) is 0 Å². The lowest BCUT2D eigenvalue weighted by Gasteiger charge is -2.28. The van der Waals surface area contributed by atoms with Gasteiger partial charge in [-0.25, -0.2) is 19.5 Å². The van der Waals surface area contributed by atoms with Crippen molar-refractivity contribution >= 4 is 18.2 Å². The summed E-state index contributed by atoms with van der Waals surface area (Å²) in [5.41, 5.74) is -1.92. The molecule has 1 aromatic rings. The van der Waals surface area contributed by atoms with Crippen LogP contribution in [0.5, 0.6) is 0 Å². The van der Waals surface area contributed by atoms with Gasteiger partial charge in [-0.15, -0.1) is 0 Å². The van der Waals surface area contributed by atoms with Crippen molar-refractivity contribution in [3.63, 3.8) is 0 Å². The van der Waals surface area contributed by atoms with Crippen LogP contribution in [0.25, 0.3) is 0 Å². The van der Waals surface area contributed by atoms with E-state index in [9.17, 15) is 19.5 Å². The Morgan fingerprint density at radius 1 is 1.06 bits per heavy atom. The molecule has 36 heavy (non-hydrogen) atoms. The molecule has 202 valence electrons. The van der Waals surface area contributed by atoms with Crippen molar-refractivity contribution in [3.05, 3.63) is 18.2 Å². The third-order valence-electron chi connectivity index (χ3n) is 7.11. The normalized spacial score (nSPS) is 26.2. The van der Waals surface area contributed by atoms with Gasteiger partial charge in [-0.1, -0.05) is 6.92 Å². The lowest BCUT2D eigenvalue weighted by atomic mass is 9.87. The molecule has 1 heterocycles. The fraction of sp³-hybridized carbons (Fsp3) is 0.778. The zero-order chi connectivity index (χ0) is 26.9. The van der Waals surface area contributed by atoms with E-state index in [-0.39, 0.29) is 12.5 Å². The quantitative estimate of drug-likeness (QED) is 0.489. The Morgan fingerprint density at radius 3 is 2.11 bits per heavy atom. The van der Waals surface area contributed by atoms with Gasteiger partial charge in [0.1, 0.15) is 16.6 Å². The molecule has 2 atom stereocenters. The predicted molar refractivity (Wildman–Crippen MR) is 135 cm³/mol. The van der Waals surface area contributed by atoms with E-state index in [4.69, 9.17) is 9.47 Å². The number of carboxylic acid groups (broad SMARTS) is 1. The molecule has 0 bridgehead atoms. The average molecular weight is 506 g/mol. The van der Waals surface area contributed by atoms with Crippen LogP contribution < -0.4 is 0 Å². The van der Waals surface area contributed by atoms with Gasteiger partial charge in [-0.05, 0) is 98.3 Å². The summed E-state index contributed by atoms with van der Waals surface area (Å²) in [6, 6.07) is 0.377. The maximum absolute atomic E-state index is 12.7. The number of carbonyl (C=O) groups excluding carboxylic acids is 2. The Morgan fingerprint density at radius 2 is 1.61 bits per heavy atom. The highest BCUT2D eigenvalue weighted by molar-refractivity contribution is 5.88. The minimum absolute atomic E-state index is 0.0880. The lowest BCUT2D eigenvalue weighted by molar-refractivity contribution is -0.140. The fourth-order valence-corrected chi connectivity index (χ4v) is 5.06. The molecule has 1 N–H and O–H groups in total. The molecule has 2 amide bonds. The summed E-state index contributed by atoms with van der Waals surface area (Å²) >= 11 is 0. The van der Waals surface area contributed by atoms with E-state index in [1.54, 1.807) is 47.9 Å². The molecule has 1 unspecified atom stereocenters. The first-order valence-electron chi connectivity index (χ1n) is 13.1. The Labute approximate surface area is 214 Å². The summed E-state index contributed by atoms with van der Waals surface area (Å²) in [5.74, 6) is -0.238. The molecule has 0 spiro atoms. The fourth-order valence-electron chi connectivity index (χ4n) is 5.06. The number of hydrogen-bond donors (Lipinski definition) is 1. The highest BCUT2D eigenvalue weighted by Crippen LogP contribution is 2.56. The van der Waals surface area contributed by atoms with Crippen molar-refractivity contribution in [1.29, 1.82) is 0 Å². The number of carbonyl (C=O) groups is 3. The number of ether oxygens (including phenoxy) is 2. The topological polar surface area (TPSA) is 111 Å². The molecule has 0 aliphatic heterocycles. The highest BCUT2D eigenvalue weighted by atomic mass is 16.6. The molecule has 0 saturated heterocycles. The van der Waals surface area contributed by atoms with Crippen LogP contribution in [-0.4, -0.2) is 55.5 Å². The van der Waals surface area contributed by atoms with Crippen LogP contribution in [0, 0.1) is 11.8 Å². The second-order valence-electron chi connectivity index (χ2n) is 12.6. The number of imide groups is 1. The van der Waals surface area contributed by atoms with E-state index in [0.29, 0.717) is 31.0 Å². The molecule has 2 aliphatic carbocycles. The molecule has 3 rings (SSSR count). The number of aromatic nitrogens is 2. The largest absolute Gasteiger partial charge is 0.481 e. The van der Waals surface area contributed by atoms with Gasteiger partial charge in [0, 0.05) is 18.8 Å². The summed E-state index contributed by atoms with van der Waals surface area (Å²) in [7, 11) is 0. The summed E-state index contributed by atoms with van der Waals surface area (Å²) in [6.45, 7) is 12.8. The standard InChI is InChI=1S/C27H43N3O6/c1-18-10-12-20(13-11-18)29-16-21(28-17-29)27(22(31)32)15-19(27)9-8-14-30(23(33)35-25(2,3)4)24(34)36-26(5,6)7/h16-20H,8-15H2,1-7H3,(H,31,32)/t18-,19-,20-,27?/m0/s1. The average Bonchev–Trinajstić information content (AvgIpc) is 3.25. The molecular formula is C27H43N3O6. The van der Waals surface area contributed by atoms with E-state index < -0.39 is 34.8 Å². The Hall–Kier alpha value is -2.58. The molecular weight excluding hydrogens is 462 g/mol. The highest BCUT2D eigenvalue weighted by Gasteiger charge is 2.62. The maximum atomic E-state index is 12.7. The van der Waals surface area contributed by atoms with Crippen LogP contribution in [0.2, 0.25) is 0 Å².